The van der Waals surface area contributed by atoms with Gasteiger partial charge >= 0.3 is 5.97 Å². The highest BCUT2D eigenvalue weighted by Gasteiger charge is 2.39. The van der Waals surface area contributed by atoms with Crippen molar-refractivity contribution in [3.63, 3.8) is 0 Å². The normalized spacial score (nSPS) is 28.4. The van der Waals surface area contributed by atoms with Gasteiger partial charge in [0.1, 0.15) is 6.10 Å². The quantitative estimate of drug-likeness (QED) is 0.865. The van der Waals surface area contributed by atoms with Crippen molar-refractivity contribution < 1.29 is 19.4 Å². The van der Waals surface area contributed by atoms with Crippen molar-refractivity contribution in [3.05, 3.63) is 23.8 Å². The van der Waals surface area contributed by atoms with Crippen molar-refractivity contribution in [2.24, 2.45) is 0 Å². The minimum absolute atomic E-state index is 0.00834. The predicted octanol–water partition coefficient (Wildman–Crippen LogP) is 2.18. The summed E-state index contributed by atoms with van der Waals surface area (Å²) in [5.41, 5.74) is 0.413. The van der Waals surface area contributed by atoms with Gasteiger partial charge < -0.3 is 19.5 Å². The number of ether oxygens (including phenoxy) is 2. The van der Waals surface area contributed by atoms with E-state index in [1.54, 1.807) is 6.07 Å². The molecule has 2 atom stereocenters. The maximum atomic E-state index is 12.2. The molecular weight excluding hydrogens is 270 g/mol. The number of phenolic OH excluding ortho intramolecular Hbond substituents is 1. The van der Waals surface area contributed by atoms with Crippen molar-refractivity contribution in [3.8, 4) is 11.5 Å². The molecule has 0 saturated carbocycles. The number of carbonyl (C=O) groups is 1. The standard InChI is InChI=1S/C16H21NO4/c1-17-11-4-5-12(17)9-13(8-11)21-16(19)10-3-6-14(18)15(7-10)20-2/h3,6-7,11-13,18H,4-5,8-9H2,1-2H3/t11-,12-/m1/s1. The Morgan fingerprint density at radius 2 is 1.95 bits per heavy atom. The SMILES string of the molecule is COc1cc(C(=O)OC2C[C@H]3CC[C@H](C2)N3C)ccc1O. The molecule has 2 aliphatic rings. The second-order valence-electron chi connectivity index (χ2n) is 5.94. The molecule has 1 N–H and O–H groups in total. The number of hydrogen-bond donors (Lipinski definition) is 1. The van der Waals surface area contributed by atoms with Crippen molar-refractivity contribution in [1.29, 1.82) is 0 Å². The number of fused-ring (bicyclic) bond motifs is 2. The van der Waals surface area contributed by atoms with E-state index in [0.29, 0.717) is 17.6 Å². The first-order valence-electron chi connectivity index (χ1n) is 7.38. The third-order valence-electron chi connectivity index (χ3n) is 4.74. The van der Waals surface area contributed by atoms with Crippen LogP contribution in [0.4, 0.5) is 0 Å². The molecule has 0 radical (unpaired) electrons. The summed E-state index contributed by atoms with van der Waals surface area (Å²) in [4.78, 5) is 14.6. The fourth-order valence-corrected chi connectivity index (χ4v) is 3.48. The maximum Gasteiger partial charge on any atom is 0.338 e. The highest BCUT2D eigenvalue weighted by atomic mass is 16.5. The molecule has 2 heterocycles. The lowest BCUT2D eigenvalue weighted by molar-refractivity contribution is -0.000475. The molecule has 1 aromatic rings. The molecule has 114 valence electrons. The van der Waals surface area contributed by atoms with Gasteiger partial charge in [-0.15, -0.1) is 0 Å². The summed E-state index contributed by atoms with van der Waals surface area (Å²) in [5.74, 6) is -0.0402. The third-order valence-corrected chi connectivity index (χ3v) is 4.74. The van der Waals surface area contributed by atoms with Crippen molar-refractivity contribution >= 4 is 5.97 Å². The molecule has 5 heteroatoms. The highest BCUT2D eigenvalue weighted by Crippen LogP contribution is 2.36. The number of rotatable bonds is 3. The smallest absolute Gasteiger partial charge is 0.338 e. The first kappa shape index (κ1) is 14.2. The number of esters is 1. The van der Waals surface area contributed by atoms with Gasteiger partial charge in [0.05, 0.1) is 12.7 Å². The average Bonchev–Trinajstić information content (AvgIpc) is 2.70. The van der Waals surface area contributed by atoms with Gasteiger partial charge in [-0.25, -0.2) is 4.79 Å². The lowest BCUT2D eigenvalue weighted by atomic mass is 10.0. The summed E-state index contributed by atoms with van der Waals surface area (Å²) in [5, 5.41) is 9.56. The van der Waals surface area contributed by atoms with E-state index < -0.39 is 0 Å². The van der Waals surface area contributed by atoms with Crippen LogP contribution in [0.5, 0.6) is 11.5 Å². The molecular formula is C16H21NO4. The van der Waals surface area contributed by atoms with Gasteiger partial charge in [-0.1, -0.05) is 0 Å². The van der Waals surface area contributed by atoms with Gasteiger partial charge in [0.25, 0.3) is 0 Å². The zero-order chi connectivity index (χ0) is 15.0. The van der Waals surface area contributed by atoms with Crippen LogP contribution >= 0.6 is 0 Å². The molecule has 3 rings (SSSR count). The summed E-state index contributed by atoms with van der Waals surface area (Å²) in [6, 6.07) is 5.60. The van der Waals surface area contributed by atoms with Crippen LogP contribution in [-0.2, 0) is 4.74 Å². The molecule has 0 aliphatic carbocycles. The molecule has 0 unspecified atom stereocenters. The second kappa shape index (κ2) is 5.56. The van der Waals surface area contributed by atoms with Crippen LogP contribution < -0.4 is 4.74 Å². The fraction of sp³-hybridized carbons (Fsp3) is 0.562. The number of piperidine rings is 1. The summed E-state index contributed by atoms with van der Waals surface area (Å²) in [7, 11) is 3.62. The molecule has 1 aromatic carbocycles. The lowest BCUT2D eigenvalue weighted by Gasteiger charge is -2.35. The molecule has 2 bridgehead atoms. The zero-order valence-corrected chi connectivity index (χ0v) is 12.4. The van der Waals surface area contributed by atoms with Crippen molar-refractivity contribution in [2.45, 2.75) is 43.9 Å². The topological polar surface area (TPSA) is 59.0 Å². The van der Waals surface area contributed by atoms with Crippen LogP contribution in [0.1, 0.15) is 36.0 Å². The first-order valence-corrected chi connectivity index (χ1v) is 7.38. The van der Waals surface area contributed by atoms with Gasteiger partial charge in [-0.2, -0.15) is 0 Å². The van der Waals surface area contributed by atoms with E-state index in [1.165, 1.54) is 32.1 Å². The van der Waals surface area contributed by atoms with E-state index in [4.69, 9.17) is 9.47 Å². The Bertz CT molecular complexity index is 531. The van der Waals surface area contributed by atoms with Crippen molar-refractivity contribution in [2.75, 3.05) is 14.2 Å². The Labute approximate surface area is 124 Å². The Kier molecular flexibility index (Phi) is 3.76. The number of phenols is 1. The molecule has 5 nitrogen and oxygen atoms in total. The van der Waals surface area contributed by atoms with Crippen LogP contribution in [-0.4, -0.2) is 48.3 Å². The van der Waals surface area contributed by atoms with E-state index in [9.17, 15) is 9.90 Å². The average molecular weight is 291 g/mol. The molecule has 0 aromatic heterocycles. The molecule has 2 aliphatic heterocycles. The summed E-state index contributed by atoms with van der Waals surface area (Å²) in [6.45, 7) is 0. The predicted molar refractivity (Wildman–Crippen MR) is 77.7 cm³/mol. The third kappa shape index (κ3) is 2.70. The van der Waals surface area contributed by atoms with E-state index in [1.807, 2.05) is 0 Å². The van der Waals surface area contributed by atoms with Crippen molar-refractivity contribution in [1.82, 2.24) is 4.90 Å². The Hall–Kier alpha value is -1.75. The minimum atomic E-state index is -0.345. The first-order chi connectivity index (χ1) is 10.1. The number of methoxy groups -OCH3 is 1. The summed E-state index contributed by atoms with van der Waals surface area (Å²) >= 11 is 0. The van der Waals surface area contributed by atoms with Gasteiger partial charge in [0.15, 0.2) is 11.5 Å². The number of aromatic hydroxyl groups is 1. The van der Waals surface area contributed by atoms with Crippen LogP contribution in [0.3, 0.4) is 0 Å². The number of nitrogens with zero attached hydrogens (tertiary/aromatic N) is 1. The van der Waals surface area contributed by atoms with Crippen LogP contribution in [0.15, 0.2) is 18.2 Å². The van der Waals surface area contributed by atoms with E-state index in [-0.39, 0.29) is 23.6 Å². The summed E-state index contributed by atoms with van der Waals surface area (Å²) < 4.78 is 10.7. The van der Waals surface area contributed by atoms with E-state index in [0.717, 1.165) is 12.8 Å². The largest absolute Gasteiger partial charge is 0.504 e. The van der Waals surface area contributed by atoms with Crippen LogP contribution in [0.25, 0.3) is 0 Å². The molecule has 0 amide bonds. The van der Waals surface area contributed by atoms with E-state index in [2.05, 4.69) is 11.9 Å². The van der Waals surface area contributed by atoms with Gasteiger partial charge in [-0.3, -0.25) is 0 Å². The molecule has 0 spiro atoms. The summed E-state index contributed by atoms with van der Waals surface area (Å²) in [6.07, 6.45) is 4.21. The lowest BCUT2D eigenvalue weighted by Crippen LogP contribution is -2.43. The second-order valence-corrected chi connectivity index (χ2v) is 5.94. The number of hydrogen-bond acceptors (Lipinski definition) is 5. The fourth-order valence-electron chi connectivity index (χ4n) is 3.48. The van der Waals surface area contributed by atoms with Crippen LogP contribution in [0, 0.1) is 0 Å². The van der Waals surface area contributed by atoms with Gasteiger partial charge in [0, 0.05) is 24.9 Å². The maximum absolute atomic E-state index is 12.2. The number of benzene rings is 1. The highest BCUT2D eigenvalue weighted by molar-refractivity contribution is 5.90. The number of carbonyl (C=O) groups excluding carboxylic acids is 1. The zero-order valence-electron chi connectivity index (χ0n) is 12.4. The Balaban J connectivity index is 1.67. The minimum Gasteiger partial charge on any atom is -0.504 e. The Morgan fingerprint density at radius 1 is 1.29 bits per heavy atom. The van der Waals surface area contributed by atoms with Gasteiger partial charge in [-0.05, 0) is 38.1 Å². The Morgan fingerprint density at radius 3 is 2.57 bits per heavy atom. The van der Waals surface area contributed by atoms with E-state index >= 15 is 0 Å². The molecule has 2 fully saturated rings. The molecule has 2 saturated heterocycles. The monoisotopic (exact) mass is 291 g/mol. The van der Waals surface area contributed by atoms with Gasteiger partial charge in [0.2, 0.25) is 0 Å². The molecule has 21 heavy (non-hydrogen) atoms. The van der Waals surface area contributed by atoms with Crippen LogP contribution in [0.2, 0.25) is 0 Å².